The maximum atomic E-state index is 12.3. The molecular formula is C16H17NO. The zero-order chi connectivity index (χ0) is 13.1. The van der Waals surface area contributed by atoms with Gasteiger partial charge in [0.15, 0.2) is 0 Å². The van der Waals surface area contributed by atoms with Gasteiger partial charge in [0, 0.05) is 18.3 Å². The molecule has 0 saturated heterocycles. The Kier molecular flexibility index (Phi) is 3.47. The van der Waals surface area contributed by atoms with E-state index in [-0.39, 0.29) is 5.91 Å². The van der Waals surface area contributed by atoms with E-state index >= 15 is 0 Å². The lowest BCUT2D eigenvalue weighted by Crippen LogP contribution is -2.26. The largest absolute Gasteiger partial charge is 0.311 e. The van der Waals surface area contributed by atoms with Gasteiger partial charge in [0.2, 0.25) is 0 Å². The van der Waals surface area contributed by atoms with E-state index in [1.807, 2.05) is 48.5 Å². The summed E-state index contributed by atoms with van der Waals surface area (Å²) in [5, 5.41) is 0. The maximum absolute atomic E-state index is 12.3. The number of aryl methyl sites for hydroxylation is 2. The Balaban J connectivity index is 2.28. The van der Waals surface area contributed by atoms with E-state index in [9.17, 15) is 4.79 Å². The fourth-order valence-corrected chi connectivity index (χ4v) is 1.83. The van der Waals surface area contributed by atoms with E-state index in [0.29, 0.717) is 5.56 Å². The number of hydrogen-bond acceptors (Lipinski definition) is 1. The highest BCUT2D eigenvalue weighted by molar-refractivity contribution is 6.05. The monoisotopic (exact) mass is 239 g/mol. The molecular weight excluding hydrogens is 222 g/mol. The molecule has 2 aromatic rings. The lowest BCUT2D eigenvalue weighted by atomic mass is 10.1. The second-order valence-electron chi connectivity index (χ2n) is 4.50. The first kappa shape index (κ1) is 12.4. The van der Waals surface area contributed by atoms with E-state index in [1.54, 1.807) is 11.9 Å². The molecule has 0 fully saturated rings. The molecule has 18 heavy (non-hydrogen) atoms. The van der Waals surface area contributed by atoms with Crippen LogP contribution in [-0.4, -0.2) is 13.0 Å². The smallest absolute Gasteiger partial charge is 0.258 e. The van der Waals surface area contributed by atoms with Crippen LogP contribution in [0, 0.1) is 13.8 Å². The van der Waals surface area contributed by atoms with Gasteiger partial charge in [0.05, 0.1) is 0 Å². The first-order valence-electron chi connectivity index (χ1n) is 6.00. The van der Waals surface area contributed by atoms with E-state index in [2.05, 4.69) is 13.8 Å². The van der Waals surface area contributed by atoms with E-state index in [4.69, 9.17) is 0 Å². The van der Waals surface area contributed by atoms with Crippen LogP contribution < -0.4 is 4.90 Å². The lowest BCUT2D eigenvalue weighted by Gasteiger charge is -2.18. The molecule has 0 spiro atoms. The second-order valence-corrected chi connectivity index (χ2v) is 4.50. The van der Waals surface area contributed by atoms with Gasteiger partial charge in [0.1, 0.15) is 0 Å². The highest BCUT2D eigenvalue weighted by Crippen LogP contribution is 2.19. The number of rotatable bonds is 2. The molecule has 2 rings (SSSR count). The summed E-state index contributed by atoms with van der Waals surface area (Å²) >= 11 is 0. The predicted molar refractivity (Wildman–Crippen MR) is 75.1 cm³/mol. The molecule has 92 valence electrons. The lowest BCUT2D eigenvalue weighted by molar-refractivity contribution is 0.0993. The Morgan fingerprint density at radius 1 is 0.944 bits per heavy atom. The van der Waals surface area contributed by atoms with Gasteiger partial charge >= 0.3 is 0 Å². The van der Waals surface area contributed by atoms with Gasteiger partial charge in [-0.1, -0.05) is 24.3 Å². The molecule has 2 aromatic carbocycles. The normalized spacial score (nSPS) is 10.2. The Bertz CT molecular complexity index is 561. The molecule has 0 aliphatic carbocycles. The fourth-order valence-electron chi connectivity index (χ4n) is 1.83. The van der Waals surface area contributed by atoms with Crippen LogP contribution in [0.2, 0.25) is 0 Å². The molecule has 2 nitrogen and oxygen atoms in total. The minimum Gasteiger partial charge on any atom is -0.311 e. The van der Waals surface area contributed by atoms with Crippen molar-refractivity contribution < 1.29 is 4.79 Å². The van der Waals surface area contributed by atoms with Gasteiger partial charge in [-0.3, -0.25) is 4.79 Å². The van der Waals surface area contributed by atoms with Gasteiger partial charge in [-0.25, -0.2) is 0 Å². The summed E-state index contributed by atoms with van der Waals surface area (Å²) in [7, 11) is 1.80. The van der Waals surface area contributed by atoms with Gasteiger partial charge in [0.25, 0.3) is 5.91 Å². The summed E-state index contributed by atoms with van der Waals surface area (Å²) in [5.74, 6) is 0.0128. The Morgan fingerprint density at radius 2 is 1.61 bits per heavy atom. The van der Waals surface area contributed by atoms with Crippen molar-refractivity contribution in [1.82, 2.24) is 0 Å². The number of hydrogen-bond donors (Lipinski definition) is 0. The van der Waals surface area contributed by atoms with Crippen molar-refractivity contribution in [3.8, 4) is 0 Å². The minimum atomic E-state index is 0.0128. The van der Waals surface area contributed by atoms with Crippen LogP contribution in [0.15, 0.2) is 48.5 Å². The van der Waals surface area contributed by atoms with Crippen LogP contribution >= 0.6 is 0 Å². The number of benzene rings is 2. The van der Waals surface area contributed by atoms with Gasteiger partial charge in [-0.15, -0.1) is 0 Å². The van der Waals surface area contributed by atoms with Crippen LogP contribution in [0.1, 0.15) is 21.5 Å². The molecule has 0 radical (unpaired) electrons. The topological polar surface area (TPSA) is 20.3 Å². The summed E-state index contributed by atoms with van der Waals surface area (Å²) < 4.78 is 0. The molecule has 0 aliphatic heterocycles. The first-order valence-corrected chi connectivity index (χ1v) is 6.00. The Labute approximate surface area is 108 Å². The van der Waals surface area contributed by atoms with Crippen molar-refractivity contribution in [2.24, 2.45) is 0 Å². The van der Waals surface area contributed by atoms with Crippen molar-refractivity contribution >= 4 is 11.6 Å². The summed E-state index contributed by atoms with van der Waals surface area (Å²) in [5.41, 5.74) is 4.06. The van der Waals surface area contributed by atoms with Crippen molar-refractivity contribution in [3.63, 3.8) is 0 Å². The SMILES string of the molecule is Cc1ccc(N(C)C(=O)c2ccccc2)cc1C. The molecule has 1 amide bonds. The Hall–Kier alpha value is -2.09. The van der Waals surface area contributed by atoms with Crippen LogP contribution in [0.5, 0.6) is 0 Å². The van der Waals surface area contributed by atoms with E-state index in [0.717, 1.165) is 5.69 Å². The number of amides is 1. The molecule has 0 aromatic heterocycles. The summed E-state index contributed by atoms with van der Waals surface area (Å²) in [4.78, 5) is 13.9. The molecule has 0 saturated carbocycles. The molecule has 0 heterocycles. The molecule has 0 unspecified atom stereocenters. The van der Waals surface area contributed by atoms with Gasteiger partial charge < -0.3 is 4.90 Å². The molecule has 0 atom stereocenters. The minimum absolute atomic E-state index is 0.0128. The van der Waals surface area contributed by atoms with Crippen LogP contribution in [0.3, 0.4) is 0 Å². The molecule has 0 aliphatic rings. The third-order valence-corrected chi connectivity index (χ3v) is 3.20. The van der Waals surface area contributed by atoms with Crippen LogP contribution in [0.25, 0.3) is 0 Å². The molecule has 0 N–H and O–H groups in total. The third-order valence-electron chi connectivity index (χ3n) is 3.20. The highest BCUT2D eigenvalue weighted by Gasteiger charge is 2.13. The average molecular weight is 239 g/mol. The zero-order valence-corrected chi connectivity index (χ0v) is 11.0. The van der Waals surface area contributed by atoms with Crippen LogP contribution in [-0.2, 0) is 0 Å². The number of nitrogens with zero attached hydrogens (tertiary/aromatic N) is 1. The van der Waals surface area contributed by atoms with Gasteiger partial charge in [-0.05, 0) is 49.2 Å². The number of anilines is 1. The van der Waals surface area contributed by atoms with E-state index in [1.165, 1.54) is 11.1 Å². The molecule has 0 bridgehead atoms. The standard InChI is InChI=1S/C16H17NO/c1-12-9-10-15(11-13(12)2)17(3)16(18)14-7-5-4-6-8-14/h4-11H,1-3H3. The quantitative estimate of drug-likeness (QED) is 0.784. The first-order chi connectivity index (χ1) is 8.59. The average Bonchev–Trinajstić information content (AvgIpc) is 2.41. The van der Waals surface area contributed by atoms with Crippen molar-refractivity contribution in [2.45, 2.75) is 13.8 Å². The third kappa shape index (κ3) is 2.43. The highest BCUT2D eigenvalue weighted by atomic mass is 16.2. The number of carbonyl (C=O) groups excluding carboxylic acids is 1. The van der Waals surface area contributed by atoms with E-state index < -0.39 is 0 Å². The van der Waals surface area contributed by atoms with Crippen molar-refractivity contribution in [3.05, 3.63) is 65.2 Å². The zero-order valence-electron chi connectivity index (χ0n) is 11.0. The van der Waals surface area contributed by atoms with Gasteiger partial charge in [-0.2, -0.15) is 0 Å². The molecule has 2 heteroatoms. The summed E-state index contributed by atoms with van der Waals surface area (Å²) in [6.45, 7) is 4.12. The number of carbonyl (C=O) groups is 1. The fraction of sp³-hybridized carbons (Fsp3) is 0.188. The predicted octanol–water partition coefficient (Wildman–Crippen LogP) is 3.58. The summed E-state index contributed by atoms with van der Waals surface area (Å²) in [6, 6.07) is 15.4. The van der Waals surface area contributed by atoms with Crippen LogP contribution in [0.4, 0.5) is 5.69 Å². The maximum Gasteiger partial charge on any atom is 0.258 e. The Morgan fingerprint density at radius 3 is 2.22 bits per heavy atom. The van der Waals surface area contributed by atoms with Crippen molar-refractivity contribution in [2.75, 3.05) is 11.9 Å². The summed E-state index contributed by atoms with van der Waals surface area (Å²) in [6.07, 6.45) is 0. The van der Waals surface area contributed by atoms with Crippen molar-refractivity contribution in [1.29, 1.82) is 0 Å². The second kappa shape index (κ2) is 5.05.